The molecule has 0 aliphatic heterocycles. The number of nitrogens with two attached hydrogens (primary N) is 1. The molecule has 0 fully saturated rings. The zero-order valence-electron chi connectivity index (χ0n) is 9.91. The Labute approximate surface area is 113 Å². The predicted molar refractivity (Wildman–Crippen MR) is 73.5 cm³/mol. The number of aromatic nitrogens is 3. The van der Waals surface area contributed by atoms with Crippen molar-refractivity contribution in [1.82, 2.24) is 15.1 Å². The van der Waals surface area contributed by atoms with Crippen LogP contribution in [-0.2, 0) is 6.42 Å². The fourth-order valence-electron chi connectivity index (χ4n) is 1.66. The van der Waals surface area contributed by atoms with Crippen LogP contribution in [0, 0.1) is 17.4 Å². The third-order valence-electron chi connectivity index (χ3n) is 2.54. The van der Waals surface area contributed by atoms with Crippen molar-refractivity contribution in [2.45, 2.75) is 27.2 Å². The summed E-state index contributed by atoms with van der Waals surface area (Å²) < 4.78 is 6.04. The van der Waals surface area contributed by atoms with Crippen LogP contribution < -0.4 is 5.73 Å². The quantitative estimate of drug-likeness (QED) is 0.847. The van der Waals surface area contributed by atoms with Gasteiger partial charge in [-0.05, 0) is 42.9 Å². The van der Waals surface area contributed by atoms with E-state index in [9.17, 15) is 0 Å². The van der Waals surface area contributed by atoms with Gasteiger partial charge in [0.15, 0.2) is 5.82 Å². The van der Waals surface area contributed by atoms with Crippen LogP contribution in [0.1, 0.15) is 24.1 Å². The number of nitrogens with zero attached hydrogens (tertiary/aromatic N) is 3. The first-order chi connectivity index (χ1) is 8.04. The molecule has 0 saturated heterocycles. The molecule has 0 saturated carbocycles. The van der Waals surface area contributed by atoms with E-state index in [1.165, 1.54) is 0 Å². The summed E-state index contributed by atoms with van der Waals surface area (Å²) in [5.74, 6) is 1.81. The molecule has 2 heterocycles. The van der Waals surface area contributed by atoms with Crippen LogP contribution in [0.3, 0.4) is 0 Å². The van der Waals surface area contributed by atoms with E-state index >= 15 is 0 Å². The van der Waals surface area contributed by atoms with Gasteiger partial charge in [-0.15, -0.1) is 0 Å². The fourth-order valence-corrected chi connectivity index (χ4v) is 2.28. The Morgan fingerprint density at radius 1 is 1.29 bits per heavy atom. The van der Waals surface area contributed by atoms with Gasteiger partial charge in [-0.1, -0.05) is 12.1 Å². The molecule has 2 aromatic heterocycles. The highest BCUT2D eigenvalue weighted by Gasteiger charge is 2.17. The second-order valence-corrected chi connectivity index (χ2v) is 4.82. The average Bonchev–Trinajstić information content (AvgIpc) is 2.62. The van der Waals surface area contributed by atoms with E-state index < -0.39 is 0 Å². The van der Waals surface area contributed by atoms with Gasteiger partial charge in [-0.2, -0.15) is 0 Å². The summed E-state index contributed by atoms with van der Waals surface area (Å²) >= 11 is 2.17. The molecule has 2 rings (SSSR count). The van der Waals surface area contributed by atoms with Crippen molar-refractivity contribution in [3.8, 4) is 11.4 Å². The molecule has 5 nitrogen and oxygen atoms in total. The van der Waals surface area contributed by atoms with Crippen LogP contribution in [0.2, 0.25) is 0 Å². The molecule has 0 aliphatic carbocycles. The molecule has 0 radical (unpaired) electrons. The van der Waals surface area contributed by atoms with Gasteiger partial charge in [0.25, 0.3) is 0 Å². The van der Waals surface area contributed by atoms with Gasteiger partial charge in [0, 0.05) is 0 Å². The first-order valence-electron chi connectivity index (χ1n) is 5.29. The van der Waals surface area contributed by atoms with E-state index in [-0.39, 0.29) is 0 Å². The molecule has 2 N–H and O–H groups in total. The third-order valence-corrected chi connectivity index (χ3v) is 3.71. The summed E-state index contributed by atoms with van der Waals surface area (Å²) in [6.07, 6.45) is 0.821. The molecule has 0 atom stereocenters. The molecule has 0 unspecified atom stereocenters. The van der Waals surface area contributed by atoms with Crippen molar-refractivity contribution in [2.24, 2.45) is 0 Å². The van der Waals surface area contributed by atoms with Crippen molar-refractivity contribution in [3.05, 3.63) is 20.7 Å². The molecule has 0 spiro atoms. The Morgan fingerprint density at radius 2 is 2.00 bits per heavy atom. The van der Waals surface area contributed by atoms with Gasteiger partial charge in [0.2, 0.25) is 0 Å². The van der Waals surface area contributed by atoms with Crippen molar-refractivity contribution in [3.63, 3.8) is 0 Å². The molecule has 0 amide bonds. The monoisotopic (exact) mass is 344 g/mol. The summed E-state index contributed by atoms with van der Waals surface area (Å²) in [6.45, 7) is 5.76. The van der Waals surface area contributed by atoms with Gasteiger partial charge in [-0.3, -0.25) is 0 Å². The van der Waals surface area contributed by atoms with Gasteiger partial charge in [0.1, 0.15) is 11.6 Å². The molecule has 2 aromatic rings. The van der Waals surface area contributed by atoms with E-state index in [1.807, 2.05) is 20.8 Å². The van der Waals surface area contributed by atoms with Crippen molar-refractivity contribution >= 4 is 28.4 Å². The summed E-state index contributed by atoms with van der Waals surface area (Å²) in [4.78, 5) is 8.82. The van der Waals surface area contributed by atoms with Crippen LogP contribution in [0.4, 0.5) is 5.82 Å². The molecule has 0 aromatic carbocycles. The smallest absolute Gasteiger partial charge is 0.167 e. The highest BCUT2D eigenvalue weighted by molar-refractivity contribution is 14.1. The molecule has 0 aliphatic rings. The summed E-state index contributed by atoms with van der Waals surface area (Å²) in [6, 6.07) is 0. The Kier molecular flexibility index (Phi) is 3.32. The van der Waals surface area contributed by atoms with E-state index in [4.69, 9.17) is 10.3 Å². The fraction of sp³-hybridized carbons (Fsp3) is 0.364. The first kappa shape index (κ1) is 12.3. The topological polar surface area (TPSA) is 77.8 Å². The minimum atomic E-state index is 0.507. The molecule has 90 valence electrons. The summed E-state index contributed by atoms with van der Waals surface area (Å²) in [7, 11) is 0. The normalized spacial score (nSPS) is 10.8. The lowest BCUT2D eigenvalue weighted by Crippen LogP contribution is -2.04. The largest absolute Gasteiger partial charge is 0.383 e. The predicted octanol–water partition coefficient (Wildman–Crippen LogP) is 2.50. The number of anilines is 1. The minimum absolute atomic E-state index is 0.507. The van der Waals surface area contributed by atoms with E-state index in [2.05, 4.69) is 37.7 Å². The number of halogens is 1. The Balaban J connectivity index is 2.65. The van der Waals surface area contributed by atoms with E-state index in [1.54, 1.807) is 0 Å². The van der Waals surface area contributed by atoms with Gasteiger partial charge < -0.3 is 10.3 Å². The zero-order chi connectivity index (χ0) is 12.6. The summed E-state index contributed by atoms with van der Waals surface area (Å²) in [5.41, 5.74) is 8.46. The van der Waals surface area contributed by atoms with Gasteiger partial charge in [0.05, 0.1) is 20.5 Å². The first-order valence-corrected chi connectivity index (χ1v) is 6.37. The Morgan fingerprint density at radius 3 is 2.53 bits per heavy atom. The average molecular weight is 344 g/mol. The number of rotatable bonds is 2. The van der Waals surface area contributed by atoms with Crippen LogP contribution in [-0.4, -0.2) is 15.1 Å². The van der Waals surface area contributed by atoms with Crippen LogP contribution in [0.25, 0.3) is 11.4 Å². The number of hydrogen-bond acceptors (Lipinski definition) is 5. The van der Waals surface area contributed by atoms with Crippen LogP contribution in [0.15, 0.2) is 4.52 Å². The maximum atomic E-state index is 5.89. The second kappa shape index (κ2) is 4.59. The highest BCUT2D eigenvalue weighted by atomic mass is 127. The Bertz CT molecular complexity index is 545. The second-order valence-electron chi connectivity index (χ2n) is 3.75. The SMILES string of the molecule is CCc1nc(-c2c(C)noc2C)nc(N)c1I. The zero-order valence-corrected chi connectivity index (χ0v) is 12.1. The molecule has 6 heteroatoms. The maximum Gasteiger partial charge on any atom is 0.167 e. The molecular formula is C11H13IN4O. The number of aryl methyl sites for hydroxylation is 3. The number of nitrogen functional groups attached to an aromatic ring is 1. The van der Waals surface area contributed by atoms with Gasteiger partial charge >= 0.3 is 0 Å². The van der Waals surface area contributed by atoms with Crippen molar-refractivity contribution in [2.75, 3.05) is 5.73 Å². The van der Waals surface area contributed by atoms with E-state index in [0.717, 1.165) is 26.9 Å². The minimum Gasteiger partial charge on any atom is -0.383 e. The molecule has 0 bridgehead atoms. The lowest BCUT2D eigenvalue weighted by atomic mass is 10.2. The summed E-state index contributed by atoms with van der Waals surface area (Å²) in [5, 5.41) is 3.90. The lowest BCUT2D eigenvalue weighted by molar-refractivity contribution is 0.393. The molecule has 17 heavy (non-hydrogen) atoms. The Hall–Kier alpha value is -1.18. The molecular weight excluding hydrogens is 331 g/mol. The standard InChI is InChI=1S/C11H13IN4O/c1-4-7-9(12)10(13)15-11(14-7)8-5(2)16-17-6(8)3/h4H2,1-3H3,(H2,13,14,15). The van der Waals surface area contributed by atoms with Crippen LogP contribution in [0.5, 0.6) is 0 Å². The number of hydrogen-bond donors (Lipinski definition) is 1. The van der Waals surface area contributed by atoms with E-state index in [0.29, 0.717) is 17.4 Å². The highest BCUT2D eigenvalue weighted by Crippen LogP contribution is 2.27. The van der Waals surface area contributed by atoms with Crippen molar-refractivity contribution in [1.29, 1.82) is 0 Å². The van der Waals surface area contributed by atoms with Crippen molar-refractivity contribution < 1.29 is 4.52 Å². The third kappa shape index (κ3) is 2.13. The lowest BCUT2D eigenvalue weighted by Gasteiger charge is -2.06. The van der Waals surface area contributed by atoms with Crippen LogP contribution >= 0.6 is 22.6 Å². The maximum absolute atomic E-state index is 5.89. The van der Waals surface area contributed by atoms with Gasteiger partial charge in [-0.25, -0.2) is 9.97 Å².